The summed E-state index contributed by atoms with van der Waals surface area (Å²) in [6, 6.07) is 6.42. The maximum atomic E-state index is 12.2. The minimum atomic E-state index is -1.00. The molecule has 0 radical (unpaired) electrons. The van der Waals surface area contributed by atoms with E-state index in [9.17, 15) is 14.7 Å². The van der Waals surface area contributed by atoms with Gasteiger partial charge in [0, 0.05) is 29.7 Å². The predicted octanol–water partition coefficient (Wildman–Crippen LogP) is 2.41. The molecule has 0 aliphatic carbocycles. The molecule has 2 rings (SSSR count). The number of aryl methyl sites for hydroxylation is 1. The van der Waals surface area contributed by atoms with E-state index in [2.05, 4.69) is 5.32 Å². The number of carboxylic acid groups (broad SMARTS) is 1. The number of carbonyl (C=O) groups excluding carboxylic acids is 1. The number of rotatable bonds is 5. The van der Waals surface area contributed by atoms with Crippen LogP contribution in [0.4, 0.5) is 0 Å². The van der Waals surface area contributed by atoms with E-state index < -0.39 is 12.0 Å². The Bertz CT molecular complexity index is 673. The van der Waals surface area contributed by atoms with Gasteiger partial charge >= 0.3 is 5.97 Å². The van der Waals surface area contributed by atoms with Gasteiger partial charge in [-0.15, -0.1) is 0 Å². The van der Waals surface area contributed by atoms with Crippen LogP contribution in [0.1, 0.15) is 30.6 Å². The maximum absolute atomic E-state index is 12.2. The van der Waals surface area contributed by atoms with Gasteiger partial charge in [0.15, 0.2) is 0 Å². The summed E-state index contributed by atoms with van der Waals surface area (Å²) in [6.07, 6.45) is 2.33. The first-order valence-electron chi connectivity index (χ1n) is 6.97. The van der Waals surface area contributed by atoms with Gasteiger partial charge < -0.3 is 15.0 Å². The van der Waals surface area contributed by atoms with Crippen LogP contribution in [0.2, 0.25) is 0 Å². The van der Waals surface area contributed by atoms with Crippen molar-refractivity contribution in [2.45, 2.75) is 26.3 Å². The Labute approximate surface area is 123 Å². The van der Waals surface area contributed by atoms with Crippen molar-refractivity contribution in [1.29, 1.82) is 0 Å². The average molecular weight is 288 g/mol. The smallest absolute Gasteiger partial charge is 0.326 e. The van der Waals surface area contributed by atoms with Gasteiger partial charge in [0.05, 0.1) is 0 Å². The minimum absolute atomic E-state index is 0.197. The SMILES string of the molecule is CC(C)CC(NC(=O)c1ccc2c(ccn2C)c1)C(=O)O. The van der Waals surface area contributed by atoms with Gasteiger partial charge in [-0.2, -0.15) is 0 Å². The van der Waals surface area contributed by atoms with E-state index in [0.29, 0.717) is 12.0 Å². The monoisotopic (exact) mass is 288 g/mol. The van der Waals surface area contributed by atoms with Gasteiger partial charge in [-0.3, -0.25) is 4.79 Å². The second-order valence-corrected chi connectivity index (χ2v) is 5.69. The van der Waals surface area contributed by atoms with E-state index in [1.54, 1.807) is 12.1 Å². The fraction of sp³-hybridized carbons (Fsp3) is 0.375. The van der Waals surface area contributed by atoms with E-state index >= 15 is 0 Å². The summed E-state index contributed by atoms with van der Waals surface area (Å²) in [4.78, 5) is 23.4. The number of hydrogen-bond acceptors (Lipinski definition) is 2. The number of nitrogens with one attached hydrogen (secondary N) is 1. The number of hydrogen-bond donors (Lipinski definition) is 2. The van der Waals surface area contributed by atoms with Crippen molar-refractivity contribution < 1.29 is 14.7 Å². The molecule has 1 heterocycles. The lowest BCUT2D eigenvalue weighted by molar-refractivity contribution is -0.139. The summed E-state index contributed by atoms with van der Waals surface area (Å²) in [5.41, 5.74) is 1.51. The molecular weight excluding hydrogens is 268 g/mol. The Morgan fingerprint density at radius 2 is 2.00 bits per heavy atom. The van der Waals surface area contributed by atoms with Crippen LogP contribution < -0.4 is 5.32 Å². The van der Waals surface area contributed by atoms with Crippen LogP contribution >= 0.6 is 0 Å². The molecule has 0 saturated carbocycles. The van der Waals surface area contributed by atoms with Gasteiger partial charge in [0.1, 0.15) is 6.04 Å². The lowest BCUT2D eigenvalue weighted by Gasteiger charge is -2.16. The molecule has 21 heavy (non-hydrogen) atoms. The summed E-state index contributed by atoms with van der Waals surface area (Å²) in [7, 11) is 1.94. The number of fused-ring (bicyclic) bond motifs is 1. The average Bonchev–Trinajstić information content (AvgIpc) is 2.78. The van der Waals surface area contributed by atoms with Gasteiger partial charge in [0.2, 0.25) is 0 Å². The van der Waals surface area contributed by atoms with Crippen molar-refractivity contribution in [3.8, 4) is 0 Å². The molecule has 2 aromatic rings. The van der Waals surface area contributed by atoms with Crippen molar-refractivity contribution in [2.24, 2.45) is 13.0 Å². The van der Waals surface area contributed by atoms with Gasteiger partial charge in [0.25, 0.3) is 5.91 Å². The summed E-state index contributed by atoms with van der Waals surface area (Å²) >= 11 is 0. The molecule has 0 fully saturated rings. The standard InChI is InChI=1S/C16H20N2O3/c1-10(2)8-13(16(20)21)17-15(19)12-4-5-14-11(9-12)6-7-18(14)3/h4-7,9-10,13H,8H2,1-3H3,(H,17,19)(H,20,21). The summed E-state index contributed by atoms with van der Waals surface area (Å²) in [5, 5.41) is 12.7. The van der Waals surface area contributed by atoms with E-state index in [-0.39, 0.29) is 11.8 Å². The third-order valence-electron chi connectivity index (χ3n) is 3.46. The Balaban J connectivity index is 2.18. The van der Waals surface area contributed by atoms with Crippen LogP contribution in [-0.4, -0.2) is 27.6 Å². The minimum Gasteiger partial charge on any atom is -0.480 e. The van der Waals surface area contributed by atoms with E-state index in [4.69, 9.17) is 0 Å². The van der Waals surface area contributed by atoms with Crippen LogP contribution in [-0.2, 0) is 11.8 Å². The first kappa shape index (κ1) is 15.1. The highest BCUT2D eigenvalue weighted by atomic mass is 16.4. The second kappa shape index (κ2) is 5.99. The number of carbonyl (C=O) groups is 2. The lowest BCUT2D eigenvalue weighted by Crippen LogP contribution is -2.41. The number of benzene rings is 1. The molecule has 1 amide bonds. The first-order valence-corrected chi connectivity index (χ1v) is 6.97. The molecule has 2 N–H and O–H groups in total. The number of nitrogens with zero attached hydrogens (tertiary/aromatic N) is 1. The molecule has 0 spiro atoms. The van der Waals surface area contributed by atoms with Gasteiger partial charge in [-0.1, -0.05) is 13.8 Å². The van der Waals surface area contributed by atoms with Crippen LogP contribution in [0.5, 0.6) is 0 Å². The molecule has 1 aromatic carbocycles. The molecule has 0 aliphatic rings. The number of amides is 1. The highest BCUT2D eigenvalue weighted by molar-refractivity contribution is 5.99. The highest BCUT2D eigenvalue weighted by Gasteiger charge is 2.21. The zero-order chi connectivity index (χ0) is 15.6. The molecule has 0 saturated heterocycles. The van der Waals surface area contributed by atoms with Crippen LogP contribution in [0.3, 0.4) is 0 Å². The van der Waals surface area contributed by atoms with E-state index in [0.717, 1.165) is 10.9 Å². The Kier molecular flexibility index (Phi) is 4.31. The maximum Gasteiger partial charge on any atom is 0.326 e. The molecule has 0 bridgehead atoms. The van der Waals surface area contributed by atoms with Crippen molar-refractivity contribution in [3.05, 3.63) is 36.0 Å². The van der Waals surface area contributed by atoms with Crippen LogP contribution in [0.15, 0.2) is 30.5 Å². The van der Waals surface area contributed by atoms with Crippen molar-refractivity contribution >= 4 is 22.8 Å². The topological polar surface area (TPSA) is 71.3 Å². The summed E-state index contributed by atoms with van der Waals surface area (Å²) < 4.78 is 1.97. The summed E-state index contributed by atoms with van der Waals surface area (Å²) in [5.74, 6) is -1.16. The Hall–Kier alpha value is -2.30. The normalized spacial score (nSPS) is 12.6. The Morgan fingerprint density at radius 1 is 1.29 bits per heavy atom. The zero-order valence-electron chi connectivity index (χ0n) is 12.5. The molecule has 5 nitrogen and oxygen atoms in total. The quantitative estimate of drug-likeness (QED) is 0.887. The zero-order valence-corrected chi connectivity index (χ0v) is 12.5. The lowest BCUT2D eigenvalue weighted by atomic mass is 10.0. The Morgan fingerprint density at radius 3 is 2.62 bits per heavy atom. The third kappa shape index (κ3) is 3.42. The van der Waals surface area contributed by atoms with Crippen molar-refractivity contribution in [2.75, 3.05) is 0 Å². The molecule has 112 valence electrons. The third-order valence-corrected chi connectivity index (χ3v) is 3.46. The van der Waals surface area contributed by atoms with Crippen LogP contribution in [0, 0.1) is 5.92 Å². The summed E-state index contributed by atoms with van der Waals surface area (Å²) in [6.45, 7) is 3.86. The number of aliphatic carboxylic acids is 1. The molecule has 1 unspecified atom stereocenters. The molecule has 0 aliphatic heterocycles. The largest absolute Gasteiger partial charge is 0.480 e. The van der Waals surface area contributed by atoms with Gasteiger partial charge in [-0.25, -0.2) is 4.79 Å². The van der Waals surface area contributed by atoms with Gasteiger partial charge in [-0.05, 0) is 36.6 Å². The number of aromatic nitrogens is 1. The first-order chi connectivity index (χ1) is 9.88. The molecule has 1 aromatic heterocycles. The highest BCUT2D eigenvalue weighted by Crippen LogP contribution is 2.17. The fourth-order valence-electron chi connectivity index (χ4n) is 2.36. The fourth-order valence-corrected chi connectivity index (χ4v) is 2.36. The van der Waals surface area contributed by atoms with E-state index in [1.165, 1.54) is 0 Å². The van der Waals surface area contributed by atoms with E-state index in [1.807, 2.05) is 43.8 Å². The van der Waals surface area contributed by atoms with Crippen LogP contribution in [0.25, 0.3) is 10.9 Å². The van der Waals surface area contributed by atoms with Crippen molar-refractivity contribution in [3.63, 3.8) is 0 Å². The number of carboxylic acids is 1. The predicted molar refractivity (Wildman–Crippen MR) is 81.3 cm³/mol. The second-order valence-electron chi connectivity index (χ2n) is 5.69. The molecule has 5 heteroatoms. The van der Waals surface area contributed by atoms with Crippen molar-refractivity contribution in [1.82, 2.24) is 9.88 Å². The molecule has 1 atom stereocenters. The molecular formula is C16H20N2O3.